The number of carbonyl (C=O) groups excluding carboxylic acids is 1. The standard InChI is InChI=1S/C18H19ClFN3O/c19-15-5-3-6-16(12-15)21-18(24)23-10-8-22(9-11-23)13-14-4-1-2-7-17(14)20/h1-7,12H,8-11,13H2,(H,21,24). The van der Waals surface area contributed by atoms with Gasteiger partial charge in [-0.3, -0.25) is 4.90 Å². The zero-order valence-corrected chi connectivity index (χ0v) is 14.0. The Balaban J connectivity index is 1.51. The molecule has 3 rings (SSSR count). The summed E-state index contributed by atoms with van der Waals surface area (Å²) in [5.74, 6) is -0.182. The third-order valence-corrected chi connectivity index (χ3v) is 4.32. The highest BCUT2D eigenvalue weighted by Gasteiger charge is 2.21. The van der Waals surface area contributed by atoms with Crippen LogP contribution in [0, 0.1) is 5.82 Å². The van der Waals surface area contributed by atoms with Gasteiger partial charge in [-0.15, -0.1) is 0 Å². The number of halogens is 2. The molecule has 2 amide bonds. The maximum absolute atomic E-state index is 13.7. The Kier molecular flexibility index (Phi) is 5.33. The largest absolute Gasteiger partial charge is 0.322 e. The molecule has 1 aliphatic heterocycles. The van der Waals surface area contributed by atoms with Gasteiger partial charge < -0.3 is 10.2 Å². The van der Waals surface area contributed by atoms with Crippen molar-refractivity contribution in [2.45, 2.75) is 6.54 Å². The number of carbonyl (C=O) groups is 1. The van der Waals surface area contributed by atoms with E-state index in [1.165, 1.54) is 6.07 Å². The minimum atomic E-state index is -0.182. The highest BCUT2D eigenvalue weighted by atomic mass is 35.5. The molecule has 2 aromatic carbocycles. The van der Waals surface area contributed by atoms with Gasteiger partial charge in [0.05, 0.1) is 0 Å². The molecule has 1 heterocycles. The lowest BCUT2D eigenvalue weighted by Gasteiger charge is -2.34. The Morgan fingerprint density at radius 1 is 1.08 bits per heavy atom. The van der Waals surface area contributed by atoms with Crippen molar-refractivity contribution in [2.24, 2.45) is 0 Å². The second-order valence-corrected chi connectivity index (χ2v) is 6.23. The quantitative estimate of drug-likeness (QED) is 0.916. The van der Waals surface area contributed by atoms with E-state index < -0.39 is 0 Å². The maximum Gasteiger partial charge on any atom is 0.321 e. The summed E-state index contributed by atoms with van der Waals surface area (Å²) in [6.45, 7) is 3.23. The summed E-state index contributed by atoms with van der Waals surface area (Å²) in [4.78, 5) is 16.2. The number of hydrogen-bond acceptors (Lipinski definition) is 2. The first-order chi connectivity index (χ1) is 11.6. The van der Waals surface area contributed by atoms with Crippen LogP contribution in [0.1, 0.15) is 5.56 Å². The van der Waals surface area contributed by atoms with Gasteiger partial charge in [-0.25, -0.2) is 9.18 Å². The molecule has 0 bridgehead atoms. The summed E-state index contributed by atoms with van der Waals surface area (Å²) in [5, 5.41) is 3.44. The third-order valence-electron chi connectivity index (χ3n) is 4.09. The molecule has 126 valence electrons. The van der Waals surface area contributed by atoms with Crippen LogP contribution in [0.4, 0.5) is 14.9 Å². The zero-order chi connectivity index (χ0) is 16.9. The van der Waals surface area contributed by atoms with Gasteiger partial charge in [0.2, 0.25) is 0 Å². The Morgan fingerprint density at radius 3 is 2.54 bits per heavy atom. The zero-order valence-electron chi connectivity index (χ0n) is 13.2. The van der Waals surface area contributed by atoms with Crippen molar-refractivity contribution in [3.05, 3.63) is 64.9 Å². The lowest BCUT2D eigenvalue weighted by molar-refractivity contribution is 0.142. The molecule has 1 fully saturated rings. The van der Waals surface area contributed by atoms with Crippen LogP contribution in [0.5, 0.6) is 0 Å². The van der Waals surface area contributed by atoms with E-state index in [9.17, 15) is 9.18 Å². The predicted octanol–water partition coefficient (Wildman–Crippen LogP) is 3.83. The number of nitrogens with one attached hydrogen (secondary N) is 1. The van der Waals surface area contributed by atoms with Crippen LogP contribution in [0.25, 0.3) is 0 Å². The lowest BCUT2D eigenvalue weighted by atomic mass is 10.2. The number of hydrogen-bond donors (Lipinski definition) is 1. The van der Waals surface area contributed by atoms with Gasteiger partial charge in [0.25, 0.3) is 0 Å². The predicted molar refractivity (Wildman–Crippen MR) is 93.7 cm³/mol. The second kappa shape index (κ2) is 7.64. The first-order valence-electron chi connectivity index (χ1n) is 7.89. The Labute approximate surface area is 145 Å². The number of urea groups is 1. The average Bonchev–Trinajstić information content (AvgIpc) is 2.57. The first kappa shape index (κ1) is 16.7. The van der Waals surface area contributed by atoms with Gasteiger partial charge in [0.1, 0.15) is 5.82 Å². The molecular weight excluding hydrogens is 329 g/mol. The minimum absolute atomic E-state index is 0.136. The van der Waals surface area contributed by atoms with Gasteiger partial charge in [0.15, 0.2) is 0 Å². The Bertz CT molecular complexity index is 717. The molecule has 0 radical (unpaired) electrons. The van der Waals surface area contributed by atoms with E-state index in [0.717, 1.165) is 13.1 Å². The van der Waals surface area contributed by atoms with E-state index in [0.29, 0.717) is 35.9 Å². The van der Waals surface area contributed by atoms with E-state index in [1.807, 2.05) is 6.07 Å². The second-order valence-electron chi connectivity index (χ2n) is 5.80. The van der Waals surface area contributed by atoms with Gasteiger partial charge in [-0.2, -0.15) is 0 Å². The first-order valence-corrected chi connectivity index (χ1v) is 8.27. The summed E-state index contributed by atoms with van der Waals surface area (Å²) in [6.07, 6.45) is 0. The number of anilines is 1. The molecule has 0 aliphatic carbocycles. The van der Waals surface area contributed by atoms with Crippen molar-refractivity contribution < 1.29 is 9.18 Å². The molecule has 4 nitrogen and oxygen atoms in total. The smallest absolute Gasteiger partial charge is 0.321 e. The van der Waals surface area contributed by atoms with E-state index in [1.54, 1.807) is 41.3 Å². The van der Waals surface area contributed by atoms with Gasteiger partial charge in [-0.1, -0.05) is 35.9 Å². The molecule has 1 aliphatic rings. The van der Waals surface area contributed by atoms with Crippen molar-refractivity contribution in [2.75, 3.05) is 31.5 Å². The van der Waals surface area contributed by atoms with E-state index in [4.69, 9.17) is 11.6 Å². The minimum Gasteiger partial charge on any atom is -0.322 e. The molecule has 0 atom stereocenters. The maximum atomic E-state index is 13.7. The van der Waals surface area contributed by atoms with Crippen LogP contribution in [-0.2, 0) is 6.54 Å². The normalized spacial score (nSPS) is 15.3. The van der Waals surface area contributed by atoms with E-state index >= 15 is 0 Å². The summed E-state index contributed by atoms with van der Waals surface area (Å²) >= 11 is 5.92. The summed E-state index contributed by atoms with van der Waals surface area (Å²) in [7, 11) is 0. The van der Waals surface area contributed by atoms with E-state index in [-0.39, 0.29) is 11.8 Å². The third kappa shape index (κ3) is 4.24. The molecule has 24 heavy (non-hydrogen) atoms. The number of rotatable bonds is 3. The van der Waals surface area contributed by atoms with Crippen molar-refractivity contribution in [3.63, 3.8) is 0 Å². The van der Waals surface area contributed by atoms with E-state index in [2.05, 4.69) is 10.2 Å². The molecule has 0 saturated carbocycles. The van der Waals surface area contributed by atoms with Crippen molar-refractivity contribution in [1.82, 2.24) is 9.80 Å². The monoisotopic (exact) mass is 347 g/mol. The lowest BCUT2D eigenvalue weighted by Crippen LogP contribution is -2.49. The fourth-order valence-electron chi connectivity index (χ4n) is 2.75. The summed E-state index contributed by atoms with van der Waals surface area (Å²) in [5.41, 5.74) is 1.37. The Hall–Kier alpha value is -2.11. The van der Waals surface area contributed by atoms with Crippen LogP contribution < -0.4 is 5.32 Å². The van der Waals surface area contributed by atoms with Crippen LogP contribution >= 0.6 is 11.6 Å². The van der Waals surface area contributed by atoms with Crippen LogP contribution in [-0.4, -0.2) is 42.0 Å². The van der Waals surface area contributed by atoms with Gasteiger partial charge in [-0.05, 0) is 24.3 Å². The molecule has 6 heteroatoms. The van der Waals surface area contributed by atoms with Crippen molar-refractivity contribution in [3.8, 4) is 0 Å². The fraction of sp³-hybridized carbons (Fsp3) is 0.278. The molecule has 0 unspecified atom stereocenters. The number of nitrogens with zero attached hydrogens (tertiary/aromatic N) is 2. The highest BCUT2D eigenvalue weighted by Crippen LogP contribution is 2.16. The van der Waals surface area contributed by atoms with Crippen LogP contribution in [0.2, 0.25) is 5.02 Å². The van der Waals surface area contributed by atoms with Gasteiger partial charge >= 0.3 is 6.03 Å². The molecular formula is C18H19ClFN3O. The molecule has 1 N–H and O–H groups in total. The van der Waals surface area contributed by atoms with Crippen LogP contribution in [0.15, 0.2) is 48.5 Å². The fourth-order valence-corrected chi connectivity index (χ4v) is 2.94. The topological polar surface area (TPSA) is 35.6 Å². The van der Waals surface area contributed by atoms with Crippen molar-refractivity contribution in [1.29, 1.82) is 0 Å². The highest BCUT2D eigenvalue weighted by molar-refractivity contribution is 6.30. The molecule has 0 spiro atoms. The SMILES string of the molecule is O=C(Nc1cccc(Cl)c1)N1CCN(Cc2ccccc2F)CC1. The van der Waals surface area contributed by atoms with Gasteiger partial charge in [0, 0.05) is 49.0 Å². The van der Waals surface area contributed by atoms with Crippen molar-refractivity contribution >= 4 is 23.3 Å². The van der Waals surface area contributed by atoms with Crippen LogP contribution in [0.3, 0.4) is 0 Å². The Morgan fingerprint density at radius 2 is 1.83 bits per heavy atom. The average molecular weight is 348 g/mol. The number of benzene rings is 2. The number of amides is 2. The molecule has 1 saturated heterocycles. The molecule has 0 aromatic heterocycles. The molecule has 2 aromatic rings. The summed E-state index contributed by atoms with van der Waals surface area (Å²) < 4.78 is 13.7. The summed E-state index contributed by atoms with van der Waals surface area (Å²) in [6, 6.07) is 13.7. The number of piperazine rings is 1.